The SMILES string of the molecule is C=C1C(C)(C)[C@@H]2CC[C@@]1(C(=O)NCCSc1cn[nH]n1)C2. The van der Waals surface area contributed by atoms with E-state index >= 15 is 0 Å². The van der Waals surface area contributed by atoms with Crippen LogP contribution in [0.1, 0.15) is 33.1 Å². The predicted octanol–water partition coefficient (Wildman–Crippen LogP) is 2.40. The molecule has 21 heavy (non-hydrogen) atoms. The van der Waals surface area contributed by atoms with Crippen molar-refractivity contribution in [1.82, 2.24) is 20.7 Å². The van der Waals surface area contributed by atoms with E-state index < -0.39 is 0 Å². The number of hydrogen-bond donors (Lipinski definition) is 2. The smallest absolute Gasteiger partial charge is 0.230 e. The highest BCUT2D eigenvalue weighted by Gasteiger charge is 2.60. The minimum absolute atomic E-state index is 0.102. The molecule has 1 heterocycles. The molecule has 5 nitrogen and oxygen atoms in total. The Balaban J connectivity index is 1.55. The summed E-state index contributed by atoms with van der Waals surface area (Å²) >= 11 is 1.59. The van der Waals surface area contributed by atoms with E-state index in [4.69, 9.17) is 0 Å². The van der Waals surface area contributed by atoms with E-state index in [1.807, 2.05) is 0 Å². The molecule has 0 radical (unpaired) electrons. The second kappa shape index (κ2) is 5.16. The summed E-state index contributed by atoms with van der Waals surface area (Å²) in [5.41, 5.74) is 0.922. The molecule has 2 fully saturated rings. The van der Waals surface area contributed by atoms with E-state index in [9.17, 15) is 4.79 Å². The van der Waals surface area contributed by atoms with Crippen molar-refractivity contribution in [2.24, 2.45) is 16.7 Å². The van der Waals surface area contributed by atoms with Crippen LogP contribution in [0.2, 0.25) is 0 Å². The van der Waals surface area contributed by atoms with Crippen LogP contribution in [0.4, 0.5) is 0 Å². The number of amides is 1. The summed E-state index contributed by atoms with van der Waals surface area (Å²) in [5, 5.41) is 14.3. The maximum absolute atomic E-state index is 12.7. The van der Waals surface area contributed by atoms with Crippen LogP contribution in [-0.4, -0.2) is 33.6 Å². The topological polar surface area (TPSA) is 70.7 Å². The number of rotatable bonds is 5. The van der Waals surface area contributed by atoms with E-state index in [1.165, 1.54) is 0 Å². The monoisotopic (exact) mass is 306 g/mol. The van der Waals surface area contributed by atoms with Crippen LogP contribution >= 0.6 is 11.8 Å². The van der Waals surface area contributed by atoms with Gasteiger partial charge in [-0.3, -0.25) is 4.79 Å². The predicted molar refractivity (Wildman–Crippen MR) is 82.8 cm³/mol. The van der Waals surface area contributed by atoms with E-state index in [0.29, 0.717) is 12.5 Å². The van der Waals surface area contributed by atoms with Gasteiger partial charge in [0.05, 0.1) is 11.6 Å². The number of aromatic nitrogens is 3. The molecule has 2 bridgehead atoms. The Morgan fingerprint density at radius 2 is 2.43 bits per heavy atom. The first-order chi connectivity index (χ1) is 9.97. The summed E-state index contributed by atoms with van der Waals surface area (Å²) < 4.78 is 0. The molecule has 114 valence electrons. The lowest BCUT2D eigenvalue weighted by Gasteiger charge is -2.37. The number of carbonyl (C=O) groups is 1. The highest BCUT2D eigenvalue weighted by Crippen LogP contribution is 2.65. The molecule has 2 atom stereocenters. The van der Waals surface area contributed by atoms with Crippen LogP contribution in [-0.2, 0) is 4.79 Å². The third-order valence-corrected chi connectivity index (χ3v) is 6.26. The molecular formula is C15H22N4OS. The molecule has 0 aliphatic heterocycles. The summed E-state index contributed by atoms with van der Waals surface area (Å²) in [6.45, 7) is 9.37. The minimum atomic E-state index is -0.313. The molecule has 2 aliphatic carbocycles. The average molecular weight is 306 g/mol. The summed E-state index contributed by atoms with van der Waals surface area (Å²) in [6.07, 6.45) is 4.77. The standard InChI is InChI=1S/C15H22N4OS/c1-10-14(2,3)11-4-5-15(10,8-11)13(20)16-6-7-21-12-9-17-19-18-12/h9,11H,1,4-8H2,2-3H3,(H,16,20)(H,17,18,19)/t11-,15-/m1/s1. The Morgan fingerprint density at radius 3 is 3.05 bits per heavy atom. The van der Waals surface area contributed by atoms with Crippen molar-refractivity contribution in [3.63, 3.8) is 0 Å². The molecule has 2 saturated carbocycles. The number of nitrogens with one attached hydrogen (secondary N) is 2. The van der Waals surface area contributed by atoms with Crippen LogP contribution in [0, 0.1) is 16.7 Å². The molecule has 2 aliphatic rings. The quantitative estimate of drug-likeness (QED) is 0.498. The van der Waals surface area contributed by atoms with Gasteiger partial charge in [-0.15, -0.1) is 16.9 Å². The summed E-state index contributed by atoms with van der Waals surface area (Å²) in [6, 6.07) is 0. The zero-order chi connectivity index (χ0) is 15.1. The molecule has 0 unspecified atom stereocenters. The summed E-state index contributed by atoms with van der Waals surface area (Å²) in [5.74, 6) is 1.58. The van der Waals surface area contributed by atoms with Gasteiger partial charge in [-0.2, -0.15) is 10.3 Å². The minimum Gasteiger partial charge on any atom is -0.354 e. The molecule has 0 spiro atoms. The fourth-order valence-corrected chi connectivity index (χ4v) is 4.54. The van der Waals surface area contributed by atoms with Gasteiger partial charge >= 0.3 is 0 Å². The molecule has 1 aromatic rings. The zero-order valence-corrected chi connectivity index (χ0v) is 13.4. The van der Waals surface area contributed by atoms with Gasteiger partial charge in [-0.25, -0.2) is 0 Å². The number of thioether (sulfide) groups is 1. The van der Waals surface area contributed by atoms with Crippen molar-refractivity contribution in [2.75, 3.05) is 12.3 Å². The first-order valence-corrected chi connectivity index (χ1v) is 8.42. The molecule has 2 N–H and O–H groups in total. The van der Waals surface area contributed by atoms with Gasteiger partial charge in [0.2, 0.25) is 5.91 Å². The van der Waals surface area contributed by atoms with E-state index in [1.54, 1.807) is 18.0 Å². The number of fused-ring (bicyclic) bond motifs is 2. The number of aromatic amines is 1. The number of H-pyrrole nitrogens is 1. The lowest BCUT2D eigenvalue weighted by molar-refractivity contribution is -0.128. The first-order valence-electron chi connectivity index (χ1n) is 7.43. The van der Waals surface area contributed by atoms with Gasteiger partial charge in [-0.1, -0.05) is 26.0 Å². The molecule has 3 rings (SSSR count). The van der Waals surface area contributed by atoms with Gasteiger partial charge in [0.15, 0.2) is 0 Å². The molecule has 0 saturated heterocycles. The Labute approximate surface area is 129 Å². The molecule has 1 aromatic heterocycles. The van der Waals surface area contributed by atoms with Crippen LogP contribution < -0.4 is 5.32 Å². The van der Waals surface area contributed by atoms with Crippen molar-refractivity contribution >= 4 is 17.7 Å². The van der Waals surface area contributed by atoms with Crippen molar-refractivity contribution in [1.29, 1.82) is 0 Å². The normalized spacial score (nSPS) is 29.8. The second-order valence-electron chi connectivity index (χ2n) is 6.63. The Hall–Kier alpha value is -1.30. The Bertz CT molecular complexity index is 554. The first kappa shape index (κ1) is 14.6. The van der Waals surface area contributed by atoms with Gasteiger partial charge in [0.1, 0.15) is 5.03 Å². The molecule has 6 heteroatoms. The maximum Gasteiger partial charge on any atom is 0.230 e. The van der Waals surface area contributed by atoms with Gasteiger partial charge in [-0.05, 0) is 30.6 Å². The Morgan fingerprint density at radius 1 is 1.62 bits per heavy atom. The van der Waals surface area contributed by atoms with Crippen LogP contribution in [0.25, 0.3) is 0 Å². The number of hydrogen-bond acceptors (Lipinski definition) is 4. The van der Waals surface area contributed by atoms with Crippen LogP contribution in [0.5, 0.6) is 0 Å². The highest BCUT2D eigenvalue weighted by molar-refractivity contribution is 7.99. The zero-order valence-electron chi connectivity index (χ0n) is 12.6. The van der Waals surface area contributed by atoms with Gasteiger partial charge in [0.25, 0.3) is 0 Å². The van der Waals surface area contributed by atoms with Crippen molar-refractivity contribution in [2.45, 2.75) is 38.1 Å². The van der Waals surface area contributed by atoms with Crippen LogP contribution in [0.15, 0.2) is 23.4 Å². The van der Waals surface area contributed by atoms with Crippen LogP contribution in [0.3, 0.4) is 0 Å². The van der Waals surface area contributed by atoms with E-state index in [-0.39, 0.29) is 16.7 Å². The largest absolute Gasteiger partial charge is 0.354 e. The number of nitrogens with zero attached hydrogens (tertiary/aromatic N) is 2. The fraction of sp³-hybridized carbons (Fsp3) is 0.667. The maximum atomic E-state index is 12.7. The number of carbonyl (C=O) groups excluding carboxylic acids is 1. The van der Waals surface area contributed by atoms with E-state index in [2.05, 4.69) is 41.2 Å². The second-order valence-corrected chi connectivity index (χ2v) is 7.75. The van der Waals surface area contributed by atoms with Crippen molar-refractivity contribution in [3.8, 4) is 0 Å². The molecule has 1 amide bonds. The van der Waals surface area contributed by atoms with Gasteiger partial charge in [0, 0.05) is 12.3 Å². The fourth-order valence-electron chi connectivity index (χ4n) is 3.89. The highest BCUT2D eigenvalue weighted by atomic mass is 32.2. The molecular weight excluding hydrogens is 284 g/mol. The third-order valence-electron chi connectivity index (χ3n) is 5.36. The summed E-state index contributed by atoms with van der Waals surface area (Å²) in [4.78, 5) is 12.7. The lowest BCUT2D eigenvalue weighted by Crippen LogP contribution is -2.42. The van der Waals surface area contributed by atoms with Crippen molar-refractivity contribution in [3.05, 3.63) is 18.3 Å². The lowest BCUT2D eigenvalue weighted by atomic mass is 9.68. The van der Waals surface area contributed by atoms with Gasteiger partial charge < -0.3 is 5.32 Å². The average Bonchev–Trinajstić information content (AvgIpc) is 3.14. The van der Waals surface area contributed by atoms with E-state index in [0.717, 1.165) is 35.6 Å². The summed E-state index contributed by atoms with van der Waals surface area (Å²) in [7, 11) is 0. The third kappa shape index (κ3) is 2.29. The van der Waals surface area contributed by atoms with Crippen molar-refractivity contribution < 1.29 is 4.79 Å². The Kier molecular flexibility index (Phi) is 3.59. The molecule has 0 aromatic carbocycles.